The van der Waals surface area contributed by atoms with Gasteiger partial charge in [-0.3, -0.25) is 0 Å². The minimum Gasteiger partial charge on any atom is -0.325 e. The van der Waals surface area contributed by atoms with E-state index in [1.807, 2.05) is 0 Å². The first-order valence-corrected chi connectivity index (χ1v) is 12.9. The molecule has 0 rings (SSSR count). The number of nitrogens with two attached hydrogens (primary N) is 1. The Kier molecular flexibility index (Phi) is 24.2. The van der Waals surface area contributed by atoms with Crippen molar-refractivity contribution in [1.82, 2.24) is 0 Å². The van der Waals surface area contributed by atoms with Crippen LogP contribution in [0, 0.1) is 5.92 Å². The fraction of sp³-hybridized carbons (Fsp3) is 1.00. The molecular weight excluding hydrogens is 406 g/mol. The molecule has 0 aliphatic carbocycles. The largest absolute Gasteiger partial charge is 0.325 e. The minimum atomic E-state index is 0. The van der Waals surface area contributed by atoms with Crippen molar-refractivity contribution in [2.24, 2.45) is 11.7 Å². The van der Waals surface area contributed by atoms with Crippen LogP contribution < -0.4 is 5.73 Å². The van der Waals surface area contributed by atoms with Crippen LogP contribution in [0.4, 0.5) is 0 Å². The molecule has 1 nitrogen and oxygen atoms in total. The second kappa shape index (κ2) is 22.1. The molecule has 0 spiro atoms. The molecule has 0 saturated heterocycles. The quantitative estimate of drug-likeness (QED) is 0.169. The zero-order valence-electron chi connectivity index (χ0n) is 20.2. The number of rotatable bonds is 21. The summed E-state index contributed by atoms with van der Waals surface area (Å²) in [5, 5.41) is 0. The molecule has 0 saturated carbocycles. The molecule has 0 aliphatic rings. The topological polar surface area (TPSA) is 26.0 Å². The fourth-order valence-electron chi connectivity index (χ4n) is 4.65. The molecule has 2 N–H and O–H groups in total. The number of halogens is 1. The lowest BCUT2D eigenvalue weighted by molar-refractivity contribution is 0.190. The molecule has 0 aromatic heterocycles. The van der Waals surface area contributed by atoms with Gasteiger partial charge in [-0.25, -0.2) is 0 Å². The van der Waals surface area contributed by atoms with E-state index in [9.17, 15) is 0 Å². The van der Waals surface area contributed by atoms with Crippen LogP contribution >= 0.6 is 17.0 Å². The predicted octanol–water partition coefficient (Wildman–Crippen LogP) is 9.76. The van der Waals surface area contributed by atoms with Crippen LogP contribution in [0.15, 0.2) is 0 Å². The summed E-state index contributed by atoms with van der Waals surface area (Å²) in [6, 6.07) is 0. The van der Waals surface area contributed by atoms with E-state index in [4.69, 9.17) is 5.73 Å². The highest BCUT2D eigenvalue weighted by Crippen LogP contribution is 2.35. The van der Waals surface area contributed by atoms with Crippen LogP contribution in [0.3, 0.4) is 0 Å². The first-order chi connectivity index (χ1) is 13.1. The third-order valence-corrected chi connectivity index (χ3v) is 6.62. The van der Waals surface area contributed by atoms with Crippen molar-refractivity contribution in [1.29, 1.82) is 0 Å². The number of hydrogen-bond donors (Lipinski definition) is 1. The second-order valence-electron chi connectivity index (χ2n) is 9.25. The Morgan fingerprint density at radius 2 is 0.821 bits per heavy atom. The maximum Gasteiger partial charge on any atom is 0.0182 e. The average molecular weight is 463 g/mol. The van der Waals surface area contributed by atoms with Gasteiger partial charge in [0, 0.05) is 5.54 Å². The average Bonchev–Trinajstić information content (AvgIpc) is 2.66. The predicted molar refractivity (Wildman–Crippen MR) is 136 cm³/mol. The maximum absolute atomic E-state index is 7.19. The summed E-state index contributed by atoms with van der Waals surface area (Å²) in [4.78, 5) is 0. The van der Waals surface area contributed by atoms with Gasteiger partial charge in [-0.15, -0.1) is 17.0 Å². The molecular formula is C26H56BrN. The Morgan fingerprint density at radius 3 is 1.29 bits per heavy atom. The molecule has 0 amide bonds. The molecule has 28 heavy (non-hydrogen) atoms. The normalized spacial score (nSPS) is 12.8. The Hall–Kier alpha value is 0.440. The van der Waals surface area contributed by atoms with Gasteiger partial charge in [0.1, 0.15) is 0 Å². The molecule has 172 valence electrons. The molecule has 1 atom stereocenters. The van der Waals surface area contributed by atoms with E-state index < -0.39 is 0 Å². The summed E-state index contributed by atoms with van der Waals surface area (Å²) in [7, 11) is 0. The molecule has 0 heterocycles. The highest BCUT2D eigenvalue weighted by atomic mass is 79.9. The number of hydrogen-bond acceptors (Lipinski definition) is 1. The van der Waals surface area contributed by atoms with Gasteiger partial charge in [0.25, 0.3) is 0 Å². The van der Waals surface area contributed by atoms with Gasteiger partial charge in [-0.05, 0) is 31.6 Å². The third kappa shape index (κ3) is 16.3. The van der Waals surface area contributed by atoms with Crippen LogP contribution in [0.1, 0.15) is 156 Å². The molecule has 0 aromatic rings. The minimum absolute atomic E-state index is 0. The highest BCUT2D eigenvalue weighted by Gasteiger charge is 2.32. The van der Waals surface area contributed by atoms with Gasteiger partial charge < -0.3 is 5.73 Å². The fourth-order valence-corrected chi connectivity index (χ4v) is 4.65. The lowest BCUT2D eigenvalue weighted by Crippen LogP contribution is -2.47. The van der Waals surface area contributed by atoms with E-state index in [0.717, 1.165) is 5.92 Å². The Morgan fingerprint density at radius 1 is 0.500 bits per heavy atom. The van der Waals surface area contributed by atoms with Crippen molar-refractivity contribution in [3.63, 3.8) is 0 Å². The van der Waals surface area contributed by atoms with E-state index in [1.165, 1.54) is 128 Å². The van der Waals surface area contributed by atoms with Crippen LogP contribution in [0.25, 0.3) is 0 Å². The Bertz CT molecular complexity index is 282. The molecule has 0 radical (unpaired) electrons. The zero-order valence-corrected chi connectivity index (χ0v) is 21.9. The van der Waals surface area contributed by atoms with Crippen molar-refractivity contribution in [2.75, 3.05) is 0 Å². The van der Waals surface area contributed by atoms with Gasteiger partial charge in [-0.2, -0.15) is 0 Å². The highest BCUT2D eigenvalue weighted by molar-refractivity contribution is 8.93. The van der Waals surface area contributed by atoms with E-state index >= 15 is 0 Å². The van der Waals surface area contributed by atoms with Crippen LogP contribution in [-0.4, -0.2) is 5.54 Å². The van der Waals surface area contributed by atoms with Crippen LogP contribution in [-0.2, 0) is 0 Å². The Balaban J connectivity index is 0. The summed E-state index contributed by atoms with van der Waals surface area (Å²) in [5.41, 5.74) is 7.30. The monoisotopic (exact) mass is 461 g/mol. The molecule has 0 bridgehead atoms. The van der Waals surface area contributed by atoms with Gasteiger partial charge in [0.05, 0.1) is 0 Å². The molecule has 0 aliphatic heterocycles. The van der Waals surface area contributed by atoms with Gasteiger partial charge >= 0.3 is 0 Å². The molecule has 0 aromatic carbocycles. The standard InChI is InChI=1S/C26H55N.BrH/c1-5-9-13-14-15-16-18-22-25(21-17-10-6-2)26(27,23-19-11-7-3)24-20-12-8-4;/h25H,5-24,27H2,1-4H3;1H. The summed E-state index contributed by atoms with van der Waals surface area (Å²) in [6.07, 6.45) is 27.3. The van der Waals surface area contributed by atoms with E-state index in [-0.39, 0.29) is 22.5 Å². The molecule has 0 fully saturated rings. The molecule has 1 unspecified atom stereocenters. The maximum atomic E-state index is 7.19. The van der Waals surface area contributed by atoms with Crippen molar-refractivity contribution in [3.8, 4) is 0 Å². The summed E-state index contributed by atoms with van der Waals surface area (Å²) in [5.74, 6) is 0.758. The summed E-state index contributed by atoms with van der Waals surface area (Å²) >= 11 is 0. The third-order valence-electron chi connectivity index (χ3n) is 6.62. The lowest BCUT2D eigenvalue weighted by Gasteiger charge is -2.39. The van der Waals surface area contributed by atoms with E-state index in [1.54, 1.807) is 0 Å². The van der Waals surface area contributed by atoms with Crippen molar-refractivity contribution >= 4 is 17.0 Å². The van der Waals surface area contributed by atoms with Gasteiger partial charge in [0.15, 0.2) is 0 Å². The summed E-state index contributed by atoms with van der Waals surface area (Å²) in [6.45, 7) is 9.25. The number of unbranched alkanes of at least 4 members (excludes halogenated alkanes) is 12. The van der Waals surface area contributed by atoms with E-state index in [2.05, 4.69) is 27.7 Å². The van der Waals surface area contributed by atoms with Crippen LogP contribution in [0.5, 0.6) is 0 Å². The zero-order chi connectivity index (χ0) is 20.2. The van der Waals surface area contributed by atoms with Crippen molar-refractivity contribution < 1.29 is 0 Å². The smallest absolute Gasteiger partial charge is 0.0182 e. The SMILES string of the molecule is Br.CCCCCCCCCC(CCCCC)C(N)(CCCCC)CCCCC. The summed E-state index contributed by atoms with van der Waals surface area (Å²) < 4.78 is 0. The van der Waals surface area contributed by atoms with Gasteiger partial charge in [0.2, 0.25) is 0 Å². The Labute approximate surface area is 190 Å². The second-order valence-corrected chi connectivity index (χ2v) is 9.25. The van der Waals surface area contributed by atoms with E-state index in [0.29, 0.717) is 0 Å². The first-order valence-electron chi connectivity index (χ1n) is 12.9. The van der Waals surface area contributed by atoms with Crippen molar-refractivity contribution in [3.05, 3.63) is 0 Å². The van der Waals surface area contributed by atoms with Crippen molar-refractivity contribution in [2.45, 2.75) is 162 Å². The van der Waals surface area contributed by atoms with Crippen LogP contribution in [0.2, 0.25) is 0 Å². The lowest BCUT2D eigenvalue weighted by atomic mass is 9.72. The first kappa shape index (κ1) is 30.6. The molecule has 2 heteroatoms. The van der Waals surface area contributed by atoms with Gasteiger partial charge in [-0.1, -0.05) is 130 Å².